The van der Waals surface area contributed by atoms with Gasteiger partial charge in [0.25, 0.3) is 0 Å². The second-order valence-corrected chi connectivity index (χ2v) is 11.6. The number of thioether (sulfide) groups is 1. The van der Waals surface area contributed by atoms with E-state index in [2.05, 4.69) is 5.32 Å². The molecule has 42 heavy (non-hydrogen) atoms. The second-order valence-electron chi connectivity index (χ2n) is 10.5. The number of ether oxygens (including phenoxy) is 2. The molecule has 2 aliphatic rings. The van der Waals surface area contributed by atoms with Crippen LogP contribution in [-0.2, 0) is 48.3 Å². The first kappa shape index (κ1) is 29.5. The molecule has 0 saturated carbocycles. The van der Waals surface area contributed by atoms with E-state index in [1.807, 2.05) is 91.0 Å². The maximum absolute atomic E-state index is 13.9. The van der Waals surface area contributed by atoms with E-state index in [1.165, 1.54) is 4.90 Å². The molecule has 0 radical (unpaired) electrons. The van der Waals surface area contributed by atoms with Crippen LogP contribution < -0.4 is 5.32 Å². The fourth-order valence-electron chi connectivity index (χ4n) is 5.27. The highest BCUT2D eigenvalue weighted by Gasteiger charge is 2.51. The SMILES string of the molecule is O=C(OCc1ccccc1)[C@H]1C(=O)S[C@@H]2CCC[C@@H](N[C@H](CCc3ccccc3)C(=O)OCc3ccccc3)C(=O)N12. The van der Waals surface area contributed by atoms with E-state index in [-0.39, 0.29) is 19.1 Å². The van der Waals surface area contributed by atoms with E-state index in [0.717, 1.165) is 28.5 Å². The summed E-state index contributed by atoms with van der Waals surface area (Å²) in [7, 11) is 0. The number of benzene rings is 3. The lowest BCUT2D eigenvalue weighted by molar-refractivity contribution is -0.158. The summed E-state index contributed by atoms with van der Waals surface area (Å²) in [6, 6.07) is 25.6. The van der Waals surface area contributed by atoms with Crippen molar-refractivity contribution >= 4 is 34.7 Å². The van der Waals surface area contributed by atoms with Crippen LogP contribution in [0.15, 0.2) is 91.0 Å². The van der Waals surface area contributed by atoms with Gasteiger partial charge >= 0.3 is 11.9 Å². The van der Waals surface area contributed by atoms with Crippen molar-refractivity contribution in [1.29, 1.82) is 0 Å². The van der Waals surface area contributed by atoms with Crippen LogP contribution in [0, 0.1) is 0 Å². The molecule has 2 fully saturated rings. The Morgan fingerprint density at radius 2 is 1.38 bits per heavy atom. The molecule has 0 spiro atoms. The minimum Gasteiger partial charge on any atom is -0.460 e. The molecule has 0 unspecified atom stereocenters. The van der Waals surface area contributed by atoms with Crippen LogP contribution in [0.2, 0.25) is 0 Å². The lowest BCUT2D eigenvalue weighted by Gasteiger charge is -2.29. The fraction of sp³-hybridized carbons (Fsp3) is 0.333. The van der Waals surface area contributed by atoms with Crippen molar-refractivity contribution in [3.05, 3.63) is 108 Å². The molecule has 218 valence electrons. The van der Waals surface area contributed by atoms with Gasteiger partial charge in [-0.25, -0.2) is 4.79 Å². The van der Waals surface area contributed by atoms with Gasteiger partial charge in [-0.05, 0) is 48.8 Å². The summed E-state index contributed by atoms with van der Waals surface area (Å²) in [4.78, 5) is 54.7. The molecule has 1 N–H and O–H groups in total. The molecule has 2 aliphatic heterocycles. The number of carbonyl (C=O) groups is 4. The molecule has 4 atom stereocenters. The molecule has 0 aliphatic carbocycles. The average molecular weight is 587 g/mol. The minimum absolute atomic E-state index is 0.0112. The van der Waals surface area contributed by atoms with Gasteiger partial charge in [-0.3, -0.25) is 19.7 Å². The van der Waals surface area contributed by atoms with Gasteiger partial charge in [0.15, 0.2) is 6.04 Å². The van der Waals surface area contributed by atoms with E-state index in [9.17, 15) is 19.2 Å². The van der Waals surface area contributed by atoms with Gasteiger partial charge in [-0.15, -0.1) is 0 Å². The third kappa shape index (κ3) is 7.46. The summed E-state index contributed by atoms with van der Waals surface area (Å²) in [5.74, 6) is -1.57. The Morgan fingerprint density at radius 3 is 2.00 bits per heavy atom. The molecule has 2 heterocycles. The van der Waals surface area contributed by atoms with Crippen LogP contribution >= 0.6 is 11.8 Å². The van der Waals surface area contributed by atoms with Gasteiger partial charge in [-0.2, -0.15) is 0 Å². The van der Waals surface area contributed by atoms with Crippen LogP contribution in [0.5, 0.6) is 0 Å². The van der Waals surface area contributed by atoms with Crippen molar-refractivity contribution < 1.29 is 28.7 Å². The maximum atomic E-state index is 13.9. The molecular formula is C33H34N2O6S. The number of fused-ring (bicyclic) bond motifs is 1. The van der Waals surface area contributed by atoms with Crippen LogP contribution in [0.3, 0.4) is 0 Å². The molecule has 0 bridgehead atoms. The summed E-state index contributed by atoms with van der Waals surface area (Å²) < 4.78 is 11.1. The van der Waals surface area contributed by atoms with Gasteiger partial charge in [0.05, 0.1) is 11.4 Å². The lowest BCUT2D eigenvalue weighted by atomic mass is 10.0. The van der Waals surface area contributed by atoms with E-state index < -0.39 is 40.6 Å². The monoisotopic (exact) mass is 586 g/mol. The number of nitrogens with one attached hydrogen (secondary N) is 1. The highest BCUT2D eigenvalue weighted by atomic mass is 32.2. The second kappa shape index (κ2) is 14.3. The summed E-state index contributed by atoms with van der Waals surface area (Å²) in [6.07, 6.45) is 2.72. The van der Waals surface area contributed by atoms with Gasteiger partial charge in [0.2, 0.25) is 11.0 Å². The van der Waals surface area contributed by atoms with Crippen molar-refractivity contribution in [2.45, 2.75) is 68.8 Å². The standard InChI is InChI=1S/C33H34N2O6S/c36-30-26(17-10-18-28-35(30)29(33(39)42-28)32(38)41-22-25-15-8-3-9-16-25)34-27(20-19-23-11-4-1-5-12-23)31(37)40-21-24-13-6-2-7-14-24/h1-9,11-16,26-29,34H,10,17-22H2/t26-,27-,28-,29+/m1/s1. The summed E-state index contributed by atoms with van der Waals surface area (Å²) in [5, 5.41) is 2.42. The van der Waals surface area contributed by atoms with E-state index in [4.69, 9.17) is 9.47 Å². The quantitative estimate of drug-likeness (QED) is 0.260. The number of hydrogen-bond donors (Lipinski definition) is 1. The summed E-state index contributed by atoms with van der Waals surface area (Å²) in [5.41, 5.74) is 2.72. The third-order valence-electron chi connectivity index (χ3n) is 7.48. The third-order valence-corrected chi connectivity index (χ3v) is 8.67. The number of hydrogen-bond acceptors (Lipinski definition) is 8. The van der Waals surface area contributed by atoms with Crippen LogP contribution in [0.25, 0.3) is 0 Å². The van der Waals surface area contributed by atoms with Gasteiger partial charge in [0, 0.05) is 0 Å². The lowest BCUT2D eigenvalue weighted by Crippen LogP contribution is -2.56. The average Bonchev–Trinajstić information content (AvgIpc) is 3.28. The van der Waals surface area contributed by atoms with Gasteiger partial charge < -0.3 is 14.4 Å². The van der Waals surface area contributed by atoms with Crippen molar-refractivity contribution in [3.8, 4) is 0 Å². The highest BCUT2D eigenvalue weighted by Crippen LogP contribution is 2.37. The molecule has 1 amide bonds. The Kier molecular flexibility index (Phi) is 10.0. The smallest absolute Gasteiger partial charge is 0.338 e. The predicted molar refractivity (Wildman–Crippen MR) is 159 cm³/mol. The molecule has 5 rings (SSSR count). The van der Waals surface area contributed by atoms with Crippen LogP contribution in [0.4, 0.5) is 0 Å². The fourth-order valence-corrected chi connectivity index (χ4v) is 6.50. The van der Waals surface area contributed by atoms with Gasteiger partial charge in [0.1, 0.15) is 19.3 Å². The van der Waals surface area contributed by atoms with Crippen LogP contribution in [-0.4, -0.2) is 51.4 Å². The maximum Gasteiger partial charge on any atom is 0.338 e. The number of esters is 2. The Morgan fingerprint density at radius 1 is 0.810 bits per heavy atom. The molecule has 3 aromatic carbocycles. The first-order valence-corrected chi connectivity index (χ1v) is 15.1. The number of nitrogens with zero attached hydrogens (tertiary/aromatic N) is 1. The Balaban J connectivity index is 1.29. The minimum atomic E-state index is -1.31. The molecule has 0 aromatic heterocycles. The van der Waals surface area contributed by atoms with Gasteiger partial charge in [-0.1, -0.05) is 103 Å². The normalized spacial score (nSPS) is 20.9. The number of rotatable bonds is 11. The zero-order valence-corrected chi connectivity index (χ0v) is 24.0. The number of amides is 1. The molecule has 3 aromatic rings. The Labute approximate surface area is 249 Å². The molecular weight excluding hydrogens is 552 g/mol. The van der Waals surface area contributed by atoms with Crippen LogP contribution in [0.1, 0.15) is 42.4 Å². The topological polar surface area (TPSA) is 102 Å². The van der Waals surface area contributed by atoms with E-state index in [0.29, 0.717) is 32.1 Å². The first-order chi connectivity index (χ1) is 20.5. The highest BCUT2D eigenvalue weighted by molar-refractivity contribution is 8.14. The Bertz CT molecular complexity index is 1370. The first-order valence-electron chi connectivity index (χ1n) is 14.2. The predicted octanol–water partition coefficient (Wildman–Crippen LogP) is 4.41. The molecule has 9 heteroatoms. The van der Waals surface area contributed by atoms with Crippen molar-refractivity contribution in [1.82, 2.24) is 10.2 Å². The summed E-state index contributed by atoms with van der Waals surface area (Å²) in [6.45, 7) is 0.133. The Hall–Kier alpha value is -3.95. The van der Waals surface area contributed by atoms with Crippen molar-refractivity contribution in [2.24, 2.45) is 0 Å². The zero-order valence-electron chi connectivity index (χ0n) is 23.2. The van der Waals surface area contributed by atoms with E-state index >= 15 is 0 Å². The zero-order chi connectivity index (χ0) is 29.3. The van der Waals surface area contributed by atoms with Crippen molar-refractivity contribution in [2.75, 3.05) is 0 Å². The number of aryl methyl sites for hydroxylation is 1. The largest absolute Gasteiger partial charge is 0.460 e. The number of carbonyl (C=O) groups excluding carboxylic acids is 4. The van der Waals surface area contributed by atoms with E-state index in [1.54, 1.807) is 0 Å². The van der Waals surface area contributed by atoms with Crippen molar-refractivity contribution in [3.63, 3.8) is 0 Å². The molecule has 8 nitrogen and oxygen atoms in total. The molecule has 2 saturated heterocycles. The summed E-state index contributed by atoms with van der Waals surface area (Å²) >= 11 is 1.01.